The molecule has 1 unspecified atom stereocenters. The van der Waals surface area contributed by atoms with Gasteiger partial charge in [0.25, 0.3) is 5.89 Å². The van der Waals surface area contributed by atoms with Gasteiger partial charge < -0.3 is 4.42 Å². The predicted octanol–water partition coefficient (Wildman–Crippen LogP) is 2.04. The first-order valence-corrected chi connectivity index (χ1v) is 4.91. The molecular weight excluding hydrogens is 192 g/mol. The number of hydrogen-bond acceptors (Lipinski definition) is 5. The van der Waals surface area contributed by atoms with E-state index >= 15 is 0 Å². The summed E-state index contributed by atoms with van der Waals surface area (Å²) in [5.41, 5.74) is 0.659. The van der Waals surface area contributed by atoms with Crippen LogP contribution in [0, 0.1) is 0 Å². The highest BCUT2D eigenvalue weighted by Gasteiger charge is 2.13. The van der Waals surface area contributed by atoms with Crippen LogP contribution in [0.2, 0.25) is 0 Å². The Labute approximate surface area is 87.6 Å². The summed E-state index contributed by atoms with van der Waals surface area (Å²) in [6.45, 7) is 4.14. The van der Waals surface area contributed by atoms with E-state index in [0.717, 1.165) is 6.42 Å². The van der Waals surface area contributed by atoms with Gasteiger partial charge in [-0.3, -0.25) is 0 Å². The Morgan fingerprint density at radius 3 is 2.93 bits per heavy atom. The fraction of sp³-hybridized carbons (Fsp3) is 0.400. The molecule has 2 aromatic heterocycles. The van der Waals surface area contributed by atoms with Gasteiger partial charge in [-0.1, -0.05) is 13.8 Å². The second-order valence-corrected chi connectivity index (χ2v) is 3.35. The van der Waals surface area contributed by atoms with Crippen LogP contribution in [0.15, 0.2) is 23.0 Å². The van der Waals surface area contributed by atoms with E-state index in [1.54, 1.807) is 12.3 Å². The van der Waals surface area contributed by atoms with Gasteiger partial charge >= 0.3 is 0 Å². The highest BCUT2D eigenvalue weighted by atomic mass is 16.4. The van der Waals surface area contributed by atoms with Crippen LogP contribution in [0.5, 0.6) is 0 Å². The second kappa shape index (κ2) is 4.16. The van der Waals surface area contributed by atoms with Crippen LogP contribution < -0.4 is 0 Å². The van der Waals surface area contributed by atoms with E-state index in [2.05, 4.69) is 34.0 Å². The van der Waals surface area contributed by atoms with E-state index < -0.39 is 0 Å². The first-order valence-electron chi connectivity index (χ1n) is 4.91. The molecular formula is C10H12N4O. The maximum atomic E-state index is 5.51. The molecule has 0 saturated heterocycles. The lowest BCUT2D eigenvalue weighted by atomic mass is 10.1. The molecule has 0 radical (unpaired) electrons. The van der Waals surface area contributed by atoms with Crippen molar-refractivity contribution in [3.05, 3.63) is 24.5 Å². The zero-order chi connectivity index (χ0) is 10.7. The largest absolute Gasteiger partial charge is 0.419 e. The van der Waals surface area contributed by atoms with Gasteiger partial charge in [-0.05, 0) is 12.5 Å². The molecule has 78 valence electrons. The zero-order valence-electron chi connectivity index (χ0n) is 8.71. The Hall–Kier alpha value is -1.78. The smallest absolute Gasteiger partial charge is 0.266 e. The number of hydrogen-bond donors (Lipinski definition) is 0. The summed E-state index contributed by atoms with van der Waals surface area (Å²) >= 11 is 0. The van der Waals surface area contributed by atoms with Crippen molar-refractivity contribution in [1.29, 1.82) is 0 Å². The fourth-order valence-corrected chi connectivity index (χ4v) is 1.13. The quantitative estimate of drug-likeness (QED) is 0.765. The summed E-state index contributed by atoms with van der Waals surface area (Å²) in [4.78, 5) is 7.87. The molecule has 0 fully saturated rings. The standard InChI is InChI=1S/C10H12N4O/c1-3-7(2)9-13-14-10(15-9)8-4-5-11-6-12-8/h4-7H,3H2,1-2H3. The van der Waals surface area contributed by atoms with Crippen molar-refractivity contribution in [2.24, 2.45) is 0 Å². The molecule has 0 amide bonds. The molecule has 0 aliphatic carbocycles. The molecule has 0 N–H and O–H groups in total. The fourth-order valence-electron chi connectivity index (χ4n) is 1.13. The first kappa shape index (κ1) is 9.76. The van der Waals surface area contributed by atoms with Crippen molar-refractivity contribution in [3.63, 3.8) is 0 Å². The lowest BCUT2D eigenvalue weighted by Crippen LogP contribution is -1.90. The van der Waals surface area contributed by atoms with E-state index in [0.29, 0.717) is 17.5 Å². The Morgan fingerprint density at radius 2 is 2.27 bits per heavy atom. The molecule has 1 atom stereocenters. The monoisotopic (exact) mass is 204 g/mol. The molecule has 2 aromatic rings. The Morgan fingerprint density at radius 1 is 1.40 bits per heavy atom. The van der Waals surface area contributed by atoms with Crippen molar-refractivity contribution in [2.75, 3.05) is 0 Å². The van der Waals surface area contributed by atoms with Crippen LogP contribution in [-0.4, -0.2) is 20.2 Å². The minimum Gasteiger partial charge on any atom is -0.419 e. The van der Waals surface area contributed by atoms with E-state index in [1.807, 2.05) is 0 Å². The second-order valence-electron chi connectivity index (χ2n) is 3.35. The summed E-state index contributed by atoms with van der Waals surface area (Å²) in [7, 11) is 0. The summed E-state index contributed by atoms with van der Waals surface area (Å²) in [6, 6.07) is 1.74. The minimum absolute atomic E-state index is 0.285. The average molecular weight is 204 g/mol. The number of aromatic nitrogens is 4. The van der Waals surface area contributed by atoms with Gasteiger partial charge in [0.15, 0.2) is 0 Å². The average Bonchev–Trinajstić information content (AvgIpc) is 2.78. The van der Waals surface area contributed by atoms with E-state index in [1.165, 1.54) is 6.33 Å². The molecule has 2 rings (SSSR count). The highest BCUT2D eigenvalue weighted by molar-refractivity contribution is 5.44. The van der Waals surface area contributed by atoms with Crippen molar-refractivity contribution >= 4 is 0 Å². The zero-order valence-corrected chi connectivity index (χ0v) is 8.71. The van der Waals surface area contributed by atoms with Gasteiger partial charge in [-0.2, -0.15) is 0 Å². The SMILES string of the molecule is CCC(C)c1nnc(-c2ccncn2)o1. The van der Waals surface area contributed by atoms with E-state index in [-0.39, 0.29) is 5.92 Å². The first-order chi connectivity index (χ1) is 7.31. The predicted molar refractivity (Wildman–Crippen MR) is 54.0 cm³/mol. The number of rotatable bonds is 3. The van der Waals surface area contributed by atoms with Crippen LogP contribution >= 0.6 is 0 Å². The van der Waals surface area contributed by atoms with Gasteiger partial charge in [0, 0.05) is 12.1 Å². The number of nitrogens with zero attached hydrogens (tertiary/aromatic N) is 4. The lowest BCUT2D eigenvalue weighted by Gasteiger charge is -1.99. The van der Waals surface area contributed by atoms with Crippen molar-refractivity contribution in [3.8, 4) is 11.6 Å². The van der Waals surface area contributed by atoms with E-state index in [9.17, 15) is 0 Å². The lowest BCUT2D eigenvalue weighted by molar-refractivity contribution is 0.461. The summed E-state index contributed by atoms with van der Waals surface area (Å²) in [5, 5.41) is 7.93. The summed E-state index contributed by atoms with van der Waals surface area (Å²) < 4.78 is 5.51. The molecule has 5 heteroatoms. The maximum Gasteiger partial charge on any atom is 0.266 e. The molecule has 0 bridgehead atoms. The highest BCUT2D eigenvalue weighted by Crippen LogP contribution is 2.20. The molecule has 0 aliphatic heterocycles. The van der Waals surface area contributed by atoms with Crippen LogP contribution in [0.25, 0.3) is 11.6 Å². The minimum atomic E-state index is 0.285. The normalized spacial score (nSPS) is 12.7. The molecule has 0 aliphatic rings. The topological polar surface area (TPSA) is 64.7 Å². The summed E-state index contributed by atoms with van der Waals surface area (Å²) in [5.74, 6) is 1.40. The van der Waals surface area contributed by atoms with Crippen molar-refractivity contribution in [1.82, 2.24) is 20.2 Å². The molecule has 0 aromatic carbocycles. The molecule has 15 heavy (non-hydrogen) atoms. The maximum absolute atomic E-state index is 5.51. The third-order valence-electron chi connectivity index (χ3n) is 2.28. The van der Waals surface area contributed by atoms with Crippen LogP contribution in [0.1, 0.15) is 32.1 Å². The van der Waals surface area contributed by atoms with Gasteiger partial charge in [0.2, 0.25) is 5.89 Å². The van der Waals surface area contributed by atoms with Crippen LogP contribution in [-0.2, 0) is 0 Å². The van der Waals surface area contributed by atoms with Gasteiger partial charge in [-0.25, -0.2) is 9.97 Å². The Kier molecular flexibility index (Phi) is 2.71. The van der Waals surface area contributed by atoms with E-state index in [4.69, 9.17) is 4.42 Å². The van der Waals surface area contributed by atoms with Gasteiger partial charge in [-0.15, -0.1) is 10.2 Å². The third kappa shape index (κ3) is 2.01. The molecule has 0 spiro atoms. The van der Waals surface area contributed by atoms with Crippen LogP contribution in [0.4, 0.5) is 0 Å². The Bertz CT molecular complexity index is 426. The van der Waals surface area contributed by atoms with Crippen molar-refractivity contribution < 1.29 is 4.42 Å². The van der Waals surface area contributed by atoms with Crippen LogP contribution in [0.3, 0.4) is 0 Å². The molecule has 2 heterocycles. The molecule has 5 nitrogen and oxygen atoms in total. The van der Waals surface area contributed by atoms with Gasteiger partial charge in [0.05, 0.1) is 0 Å². The van der Waals surface area contributed by atoms with Crippen molar-refractivity contribution in [2.45, 2.75) is 26.2 Å². The summed E-state index contributed by atoms with van der Waals surface area (Å²) in [6.07, 6.45) is 4.09. The third-order valence-corrected chi connectivity index (χ3v) is 2.28. The molecule has 0 saturated carbocycles. The van der Waals surface area contributed by atoms with Gasteiger partial charge in [0.1, 0.15) is 12.0 Å². The Balaban J connectivity index is 2.28.